The Morgan fingerprint density at radius 2 is 1.40 bits per heavy atom. The maximum Gasteiger partial charge on any atom is 0.324 e. The molecule has 2 amide bonds. The molecule has 1 aromatic heterocycles. The minimum Gasteiger partial charge on any atom is -0.508 e. The fourth-order valence-corrected chi connectivity index (χ4v) is 9.90. The smallest absolute Gasteiger partial charge is 0.324 e. The number of carbonyl (C=O) groups excluding carboxylic acids is 3. The van der Waals surface area contributed by atoms with Gasteiger partial charge in [-0.1, -0.05) is 84.6 Å². The minimum absolute atomic E-state index is 0.0393. The van der Waals surface area contributed by atoms with Crippen molar-refractivity contribution in [1.29, 1.82) is 0 Å². The van der Waals surface area contributed by atoms with Crippen molar-refractivity contribution in [1.82, 2.24) is 19.8 Å². The molecule has 1 spiro atoms. The number of nitrogens with one attached hydrogen (secondary N) is 1. The van der Waals surface area contributed by atoms with Gasteiger partial charge < -0.3 is 29.7 Å². The zero-order chi connectivity index (χ0) is 42.4. The molecule has 3 fully saturated rings. The molecule has 2 N–H and O–H groups in total. The number of phenolic OH excluding ortho intramolecular Hbond substituents is 1. The van der Waals surface area contributed by atoms with E-state index < -0.39 is 47.4 Å². The summed E-state index contributed by atoms with van der Waals surface area (Å²) in [6, 6.07) is 38.1. The molecule has 4 aliphatic rings. The molecule has 5 heterocycles. The number of morpholine rings is 1. The Labute approximate surface area is 358 Å². The summed E-state index contributed by atoms with van der Waals surface area (Å²) in [5.41, 5.74) is 3.06. The predicted molar refractivity (Wildman–Crippen MR) is 231 cm³/mol. The molecular formula is C50H42N6O6. The topological polar surface area (TPSA) is 137 Å². The number of nitrogens with zero attached hydrogens (tertiary/aromatic N) is 5. The molecule has 0 aliphatic carbocycles. The third-order valence-corrected chi connectivity index (χ3v) is 12.7. The van der Waals surface area contributed by atoms with E-state index >= 15 is 14.4 Å². The number of methoxy groups -OCH3 is 1. The molecule has 0 radical (unpaired) electrons. The number of piperazine rings is 1. The second-order valence-electron chi connectivity index (χ2n) is 15.9. The van der Waals surface area contributed by atoms with Crippen LogP contribution in [0.3, 0.4) is 0 Å². The van der Waals surface area contributed by atoms with Gasteiger partial charge in [0.05, 0.1) is 25.1 Å². The van der Waals surface area contributed by atoms with Crippen molar-refractivity contribution < 1.29 is 29.0 Å². The lowest BCUT2D eigenvalue weighted by atomic mass is 9.65. The minimum atomic E-state index is -1.68. The van der Waals surface area contributed by atoms with Crippen LogP contribution in [0.25, 0.3) is 0 Å². The Bertz CT molecular complexity index is 2700. The third-order valence-electron chi connectivity index (χ3n) is 12.7. The third kappa shape index (κ3) is 6.49. The molecule has 62 heavy (non-hydrogen) atoms. The number of esters is 1. The van der Waals surface area contributed by atoms with Crippen LogP contribution < -0.4 is 15.0 Å². The number of amides is 2. The highest BCUT2D eigenvalue weighted by Crippen LogP contribution is 2.65. The quantitative estimate of drug-likeness (QED) is 0.147. The first-order valence-corrected chi connectivity index (χ1v) is 20.6. The molecule has 0 unspecified atom stereocenters. The van der Waals surface area contributed by atoms with E-state index in [2.05, 4.69) is 32.0 Å². The van der Waals surface area contributed by atoms with Crippen molar-refractivity contribution >= 4 is 29.4 Å². The zero-order valence-electron chi connectivity index (χ0n) is 33.8. The highest BCUT2D eigenvalue weighted by Gasteiger charge is 2.74. The number of anilines is 2. The van der Waals surface area contributed by atoms with Crippen LogP contribution in [0, 0.1) is 17.8 Å². The van der Waals surface area contributed by atoms with Crippen molar-refractivity contribution in [2.45, 2.75) is 29.6 Å². The summed E-state index contributed by atoms with van der Waals surface area (Å²) >= 11 is 0. The molecule has 4 aliphatic heterocycles. The van der Waals surface area contributed by atoms with E-state index in [1.807, 2.05) is 108 Å². The van der Waals surface area contributed by atoms with Crippen LogP contribution in [0.2, 0.25) is 0 Å². The Morgan fingerprint density at radius 1 is 0.758 bits per heavy atom. The van der Waals surface area contributed by atoms with E-state index in [1.165, 1.54) is 0 Å². The Hall–Kier alpha value is -7.49. The van der Waals surface area contributed by atoms with Crippen LogP contribution in [0.1, 0.15) is 51.6 Å². The second kappa shape index (κ2) is 15.8. The van der Waals surface area contributed by atoms with E-state index in [1.54, 1.807) is 54.7 Å². The van der Waals surface area contributed by atoms with Gasteiger partial charge in [0.1, 0.15) is 29.1 Å². The van der Waals surface area contributed by atoms with Crippen molar-refractivity contribution in [2.75, 3.05) is 43.5 Å². The normalized spacial score (nSPS) is 24.0. The number of rotatable bonds is 6. The summed E-state index contributed by atoms with van der Waals surface area (Å²) in [5.74, 6) is 5.26. The number of fused-ring (bicyclic) bond motifs is 3. The number of carbonyl (C=O) groups is 3. The molecule has 12 nitrogen and oxygen atoms in total. The van der Waals surface area contributed by atoms with E-state index in [-0.39, 0.29) is 11.7 Å². The number of phenols is 1. The van der Waals surface area contributed by atoms with Crippen molar-refractivity contribution in [3.8, 4) is 23.3 Å². The molecule has 308 valence electrons. The molecule has 6 aromatic rings. The summed E-state index contributed by atoms with van der Waals surface area (Å²) in [5, 5.41) is 13.8. The van der Waals surface area contributed by atoms with Gasteiger partial charge in [-0.25, -0.2) is 9.97 Å². The van der Waals surface area contributed by atoms with Gasteiger partial charge in [0.25, 0.3) is 0 Å². The fourth-order valence-electron chi connectivity index (χ4n) is 9.90. The van der Waals surface area contributed by atoms with Gasteiger partial charge in [0, 0.05) is 55.4 Å². The Kier molecular flexibility index (Phi) is 9.89. The van der Waals surface area contributed by atoms with Crippen LogP contribution in [0.5, 0.6) is 11.5 Å². The lowest BCUT2D eigenvalue weighted by Gasteiger charge is -2.46. The molecule has 6 atom stereocenters. The summed E-state index contributed by atoms with van der Waals surface area (Å²) in [6.07, 6.45) is 2.58. The average molecular weight is 823 g/mol. The first kappa shape index (κ1) is 38.7. The summed E-state index contributed by atoms with van der Waals surface area (Å²) < 4.78 is 11.9. The molecule has 10 rings (SSSR count). The lowest BCUT2D eigenvalue weighted by molar-refractivity contribution is -0.179. The SMILES string of the molecule is COc1ccc(C#Cc2ccc3c(c2)[C@]2(C(=O)N3)[C@H](C(=O)N3CCN(c4ncccn4)CC3)[C@H]3C(=O)O[C@H](c4ccccc4)[C@H](c4ccccc4)N3[C@@H]2c2ccc(O)cc2)cc1. The van der Waals surface area contributed by atoms with Crippen LogP contribution in [-0.4, -0.2) is 82.0 Å². The van der Waals surface area contributed by atoms with Crippen LogP contribution in [0.15, 0.2) is 146 Å². The first-order chi connectivity index (χ1) is 30.3. The van der Waals surface area contributed by atoms with Crippen LogP contribution in [-0.2, 0) is 24.5 Å². The van der Waals surface area contributed by atoms with Crippen molar-refractivity contribution in [3.05, 3.63) is 179 Å². The largest absolute Gasteiger partial charge is 0.508 e. The number of hydrogen-bond donors (Lipinski definition) is 2. The van der Waals surface area contributed by atoms with Crippen LogP contribution in [0.4, 0.5) is 11.6 Å². The standard InChI is InChI=1S/C50H42N6O6/c1-61-38-22-15-32(16-23-38)13-14-33-17-24-40-39(31-33)50(48(60)53-40)41(46(58)54-27-29-55(30-28-54)49-51-25-8-26-52-49)43-47(59)62-44(35-11-6-3-7-12-35)42(34-9-4-2-5-10-34)56(43)45(50)36-18-20-37(57)21-19-36/h2-12,15-26,31,41-45,57H,27-30H2,1H3,(H,53,60)/t41-,42-,43-,44+,45+,50-/m0/s1. The van der Waals surface area contributed by atoms with Gasteiger partial charge in [-0.2, -0.15) is 0 Å². The van der Waals surface area contributed by atoms with Gasteiger partial charge in [-0.05, 0) is 82.9 Å². The number of benzene rings is 5. The number of aromatic nitrogens is 2. The van der Waals surface area contributed by atoms with Gasteiger partial charge >= 0.3 is 5.97 Å². The van der Waals surface area contributed by atoms with E-state index in [4.69, 9.17) is 9.47 Å². The zero-order valence-corrected chi connectivity index (χ0v) is 33.8. The number of ether oxygens (including phenoxy) is 2. The Balaban J connectivity index is 1.18. The Morgan fingerprint density at radius 3 is 2.08 bits per heavy atom. The predicted octanol–water partition coefficient (Wildman–Crippen LogP) is 6.21. The van der Waals surface area contributed by atoms with Crippen molar-refractivity contribution in [3.63, 3.8) is 0 Å². The highest BCUT2D eigenvalue weighted by molar-refractivity contribution is 6.12. The number of cyclic esters (lactones) is 1. The van der Waals surface area contributed by atoms with Crippen molar-refractivity contribution in [2.24, 2.45) is 5.92 Å². The summed E-state index contributed by atoms with van der Waals surface area (Å²) in [6.45, 7) is 1.52. The van der Waals surface area contributed by atoms with Gasteiger partial charge in [-0.15, -0.1) is 0 Å². The summed E-state index contributed by atoms with van der Waals surface area (Å²) in [4.78, 5) is 61.3. The fraction of sp³-hybridized carbons (Fsp3) is 0.220. The lowest BCUT2D eigenvalue weighted by Crippen LogP contribution is -2.58. The summed E-state index contributed by atoms with van der Waals surface area (Å²) in [7, 11) is 1.61. The molecule has 3 saturated heterocycles. The maximum atomic E-state index is 15.8. The molecule has 0 bridgehead atoms. The van der Waals surface area contributed by atoms with Crippen LogP contribution >= 0.6 is 0 Å². The number of aromatic hydroxyl groups is 1. The van der Waals surface area contributed by atoms with Gasteiger partial charge in [0.2, 0.25) is 17.8 Å². The number of hydrogen-bond acceptors (Lipinski definition) is 10. The second-order valence-corrected chi connectivity index (χ2v) is 15.9. The molecule has 0 saturated carbocycles. The van der Waals surface area contributed by atoms with E-state index in [0.29, 0.717) is 60.3 Å². The maximum absolute atomic E-state index is 15.8. The van der Waals surface area contributed by atoms with E-state index in [0.717, 1.165) is 16.7 Å². The molecule has 5 aromatic carbocycles. The van der Waals surface area contributed by atoms with Gasteiger partial charge in [0.15, 0.2) is 0 Å². The van der Waals surface area contributed by atoms with Gasteiger partial charge in [-0.3, -0.25) is 19.3 Å². The molecular weight excluding hydrogens is 781 g/mol. The first-order valence-electron chi connectivity index (χ1n) is 20.6. The monoisotopic (exact) mass is 822 g/mol. The average Bonchev–Trinajstić information content (AvgIpc) is 3.80. The highest BCUT2D eigenvalue weighted by atomic mass is 16.6. The van der Waals surface area contributed by atoms with E-state index in [9.17, 15) is 5.11 Å². The molecule has 12 heteroatoms.